The second-order valence-corrected chi connectivity index (χ2v) is 6.83. The number of benzene rings is 1. The smallest absolute Gasteiger partial charge is 0.277 e. The van der Waals surface area contributed by atoms with Gasteiger partial charge in [-0.1, -0.05) is 12.1 Å². The molecule has 0 spiro atoms. The highest BCUT2D eigenvalue weighted by Gasteiger charge is 2.24. The number of quaternary nitrogens is 1. The van der Waals surface area contributed by atoms with E-state index in [9.17, 15) is 4.79 Å². The third-order valence-electron chi connectivity index (χ3n) is 5.19. The Bertz CT molecular complexity index is 704. The molecule has 1 aliphatic heterocycles. The zero-order valence-corrected chi connectivity index (χ0v) is 15.4. The lowest BCUT2D eigenvalue weighted by molar-refractivity contribution is -0.685. The molecule has 2 aromatic rings. The molecule has 0 saturated carbocycles. The molecule has 2 heterocycles. The minimum atomic E-state index is 0.162. The number of rotatable bonds is 5. The molecular formula is C20H28N3O2+. The topological polar surface area (TPSA) is 53.3 Å². The Balaban J connectivity index is 1.50. The zero-order chi connectivity index (χ0) is 17.8. The molecule has 1 aromatic heterocycles. The maximum absolute atomic E-state index is 12.5. The summed E-state index contributed by atoms with van der Waals surface area (Å²) < 4.78 is 5.39. The van der Waals surface area contributed by atoms with Gasteiger partial charge in [0.2, 0.25) is 0 Å². The fourth-order valence-corrected chi connectivity index (χ4v) is 3.35. The Labute approximate surface area is 149 Å². The number of piperazine rings is 1. The van der Waals surface area contributed by atoms with Gasteiger partial charge in [-0.3, -0.25) is 4.79 Å². The largest absolute Gasteiger partial charge is 0.463 e. The normalized spacial score (nSPS) is 16.1. The van der Waals surface area contributed by atoms with E-state index in [0.29, 0.717) is 6.54 Å². The molecule has 1 saturated heterocycles. The summed E-state index contributed by atoms with van der Waals surface area (Å²) in [5, 5.41) is 2.04. The summed E-state index contributed by atoms with van der Waals surface area (Å²) in [5.74, 6) is 1.12. The SMILES string of the molecule is Cc1cccc(N2CCN(C(=O)C[NH2+][C@H](C)c3ccco3)CC2)c1C. The van der Waals surface area contributed by atoms with Crippen LogP contribution in [0.5, 0.6) is 0 Å². The monoisotopic (exact) mass is 342 g/mol. The van der Waals surface area contributed by atoms with Crippen LogP contribution in [0.15, 0.2) is 41.0 Å². The van der Waals surface area contributed by atoms with Crippen molar-refractivity contribution in [3.8, 4) is 0 Å². The van der Waals surface area contributed by atoms with Crippen LogP contribution in [-0.2, 0) is 4.79 Å². The third-order valence-corrected chi connectivity index (χ3v) is 5.19. The number of nitrogens with zero attached hydrogens (tertiary/aromatic N) is 2. The summed E-state index contributed by atoms with van der Waals surface area (Å²) in [4.78, 5) is 16.9. The van der Waals surface area contributed by atoms with E-state index in [1.54, 1.807) is 6.26 Å². The van der Waals surface area contributed by atoms with E-state index in [-0.39, 0.29) is 11.9 Å². The van der Waals surface area contributed by atoms with Crippen LogP contribution < -0.4 is 10.2 Å². The second kappa shape index (κ2) is 7.74. The van der Waals surface area contributed by atoms with Crippen LogP contribution in [0.3, 0.4) is 0 Å². The van der Waals surface area contributed by atoms with Crippen LogP contribution >= 0.6 is 0 Å². The summed E-state index contributed by atoms with van der Waals surface area (Å²) in [7, 11) is 0. The van der Waals surface area contributed by atoms with Crippen molar-refractivity contribution in [1.29, 1.82) is 0 Å². The van der Waals surface area contributed by atoms with Crippen LogP contribution in [0.1, 0.15) is 29.9 Å². The highest BCUT2D eigenvalue weighted by atomic mass is 16.3. The van der Waals surface area contributed by atoms with Crippen molar-refractivity contribution in [2.75, 3.05) is 37.6 Å². The van der Waals surface area contributed by atoms with Crippen LogP contribution in [0.4, 0.5) is 5.69 Å². The molecule has 134 valence electrons. The number of carbonyl (C=O) groups excluding carboxylic acids is 1. The van der Waals surface area contributed by atoms with Gasteiger partial charge in [-0.25, -0.2) is 0 Å². The van der Waals surface area contributed by atoms with Gasteiger partial charge < -0.3 is 19.5 Å². The van der Waals surface area contributed by atoms with E-state index in [2.05, 4.69) is 43.9 Å². The van der Waals surface area contributed by atoms with E-state index in [1.165, 1.54) is 16.8 Å². The Morgan fingerprint density at radius 2 is 1.92 bits per heavy atom. The Hall–Kier alpha value is -2.27. The molecule has 0 radical (unpaired) electrons. The molecule has 0 bridgehead atoms. The first kappa shape index (κ1) is 17.5. The van der Waals surface area contributed by atoms with E-state index in [1.807, 2.05) is 22.3 Å². The molecular weight excluding hydrogens is 314 g/mol. The molecule has 1 amide bonds. The van der Waals surface area contributed by atoms with Gasteiger partial charge in [-0.05, 0) is 50.1 Å². The highest BCUT2D eigenvalue weighted by molar-refractivity contribution is 5.77. The average Bonchev–Trinajstić information content (AvgIpc) is 3.17. The summed E-state index contributed by atoms with van der Waals surface area (Å²) >= 11 is 0. The molecule has 1 aromatic carbocycles. The van der Waals surface area contributed by atoms with Crippen molar-refractivity contribution in [2.24, 2.45) is 0 Å². The van der Waals surface area contributed by atoms with Gasteiger partial charge in [-0.2, -0.15) is 0 Å². The van der Waals surface area contributed by atoms with E-state index in [4.69, 9.17) is 4.42 Å². The third kappa shape index (κ3) is 4.04. The molecule has 5 heteroatoms. The number of carbonyl (C=O) groups is 1. The second-order valence-electron chi connectivity index (χ2n) is 6.83. The lowest BCUT2D eigenvalue weighted by Gasteiger charge is -2.36. The minimum absolute atomic E-state index is 0.162. The van der Waals surface area contributed by atoms with E-state index >= 15 is 0 Å². The summed E-state index contributed by atoms with van der Waals surface area (Å²) in [6.07, 6.45) is 1.67. The molecule has 1 atom stereocenters. The van der Waals surface area contributed by atoms with Crippen molar-refractivity contribution >= 4 is 11.6 Å². The van der Waals surface area contributed by atoms with Crippen LogP contribution in [-0.4, -0.2) is 43.5 Å². The molecule has 5 nitrogen and oxygen atoms in total. The molecule has 2 N–H and O–H groups in total. The van der Waals surface area contributed by atoms with Gasteiger partial charge in [0, 0.05) is 31.9 Å². The zero-order valence-electron chi connectivity index (χ0n) is 15.4. The van der Waals surface area contributed by atoms with Crippen molar-refractivity contribution in [1.82, 2.24) is 4.90 Å². The van der Waals surface area contributed by atoms with Gasteiger partial charge in [0.25, 0.3) is 5.91 Å². The molecule has 0 aliphatic carbocycles. The molecule has 3 rings (SSSR count). The van der Waals surface area contributed by atoms with Crippen LogP contribution in [0, 0.1) is 13.8 Å². The first-order valence-electron chi connectivity index (χ1n) is 9.02. The molecule has 0 unspecified atom stereocenters. The van der Waals surface area contributed by atoms with E-state index < -0.39 is 0 Å². The van der Waals surface area contributed by atoms with Gasteiger partial charge in [-0.15, -0.1) is 0 Å². The fraction of sp³-hybridized carbons (Fsp3) is 0.450. The number of nitrogens with two attached hydrogens (primary N) is 1. The maximum Gasteiger partial charge on any atom is 0.277 e. The Kier molecular flexibility index (Phi) is 5.43. The lowest BCUT2D eigenvalue weighted by atomic mass is 10.1. The van der Waals surface area contributed by atoms with Crippen molar-refractivity contribution in [2.45, 2.75) is 26.8 Å². The minimum Gasteiger partial charge on any atom is -0.463 e. The van der Waals surface area contributed by atoms with Crippen LogP contribution in [0.25, 0.3) is 0 Å². The summed E-state index contributed by atoms with van der Waals surface area (Å²) in [6.45, 7) is 10.2. The quantitative estimate of drug-likeness (QED) is 0.902. The maximum atomic E-state index is 12.5. The fourth-order valence-electron chi connectivity index (χ4n) is 3.35. The molecule has 25 heavy (non-hydrogen) atoms. The number of amides is 1. The van der Waals surface area contributed by atoms with Gasteiger partial charge in [0.1, 0.15) is 6.04 Å². The Morgan fingerprint density at radius 3 is 2.60 bits per heavy atom. The molecule has 1 fully saturated rings. The first-order valence-corrected chi connectivity index (χ1v) is 9.02. The number of hydrogen-bond acceptors (Lipinski definition) is 3. The van der Waals surface area contributed by atoms with E-state index in [0.717, 1.165) is 31.9 Å². The summed E-state index contributed by atoms with van der Waals surface area (Å²) in [6, 6.07) is 10.4. The number of aryl methyl sites for hydroxylation is 1. The number of furan rings is 1. The predicted octanol–water partition coefficient (Wildman–Crippen LogP) is 1.87. The predicted molar refractivity (Wildman–Crippen MR) is 98.6 cm³/mol. The van der Waals surface area contributed by atoms with Crippen molar-refractivity contribution < 1.29 is 14.5 Å². The summed E-state index contributed by atoms with van der Waals surface area (Å²) in [5.41, 5.74) is 3.95. The number of anilines is 1. The van der Waals surface area contributed by atoms with Crippen molar-refractivity contribution in [3.05, 3.63) is 53.5 Å². The van der Waals surface area contributed by atoms with Crippen LogP contribution in [0.2, 0.25) is 0 Å². The standard InChI is InChI=1S/C20H27N3O2/c1-15-6-4-7-18(16(15)2)22-9-11-23(12-10-22)20(24)14-21-17(3)19-8-5-13-25-19/h4-8,13,17,21H,9-12,14H2,1-3H3/p+1/t17-/m1/s1. The number of hydrogen-bond donors (Lipinski definition) is 1. The lowest BCUT2D eigenvalue weighted by Crippen LogP contribution is -2.87. The Morgan fingerprint density at radius 1 is 1.16 bits per heavy atom. The van der Waals surface area contributed by atoms with Gasteiger partial charge in [0.15, 0.2) is 12.3 Å². The first-order chi connectivity index (χ1) is 12.1. The van der Waals surface area contributed by atoms with Crippen molar-refractivity contribution in [3.63, 3.8) is 0 Å². The molecule has 1 aliphatic rings. The van der Waals surface area contributed by atoms with Gasteiger partial charge >= 0.3 is 0 Å². The van der Waals surface area contributed by atoms with Gasteiger partial charge in [0.05, 0.1) is 6.26 Å². The average molecular weight is 342 g/mol. The highest BCUT2D eigenvalue weighted by Crippen LogP contribution is 2.23.